The van der Waals surface area contributed by atoms with Crippen molar-refractivity contribution in [1.82, 2.24) is 0 Å². The van der Waals surface area contributed by atoms with E-state index >= 15 is 0 Å². The Hall–Kier alpha value is -2.92. The highest BCUT2D eigenvalue weighted by Crippen LogP contribution is 2.27. The van der Waals surface area contributed by atoms with Crippen LogP contribution in [0.25, 0.3) is 0 Å². The third-order valence-electron chi connectivity index (χ3n) is 5.28. The van der Waals surface area contributed by atoms with E-state index in [0.29, 0.717) is 32.2 Å². The fourth-order valence-corrected chi connectivity index (χ4v) is 3.57. The molecule has 0 amide bonds. The Morgan fingerprint density at radius 3 is 1.61 bits per heavy atom. The monoisotopic (exact) mass is 416 g/mol. The molecule has 3 atom stereocenters. The molecule has 0 aliphatic carbocycles. The maximum absolute atomic E-state index is 6.35. The molecule has 0 N–H and O–H groups in total. The van der Waals surface area contributed by atoms with Gasteiger partial charge in [-0.25, -0.2) is 0 Å². The molecule has 3 aromatic rings. The first-order chi connectivity index (χ1) is 15.3. The smallest absolute Gasteiger partial charge is 0.143 e. The summed E-state index contributed by atoms with van der Waals surface area (Å²) in [4.78, 5) is 0. The molecule has 1 aliphatic heterocycles. The first kappa shape index (κ1) is 21.3. The third kappa shape index (κ3) is 6.05. The lowest BCUT2D eigenvalue weighted by Crippen LogP contribution is -2.50. The second-order valence-electron chi connectivity index (χ2n) is 7.59. The van der Waals surface area contributed by atoms with Crippen LogP contribution < -0.4 is 0 Å². The maximum atomic E-state index is 6.35. The van der Waals surface area contributed by atoms with Crippen LogP contribution in [-0.4, -0.2) is 24.9 Å². The predicted octanol–water partition coefficient (Wildman–Crippen LogP) is 5.29. The van der Waals surface area contributed by atoms with Gasteiger partial charge in [-0.15, -0.1) is 0 Å². The summed E-state index contributed by atoms with van der Waals surface area (Å²) in [5, 5.41) is 0. The standard InChI is InChI=1S/C27H28O4/c1-21-26(30-18-23-13-7-3-8-14-23)27(31-19-24-15-9-4-10-16-24)25(20-28-21)29-17-22-11-5-2-6-12-22/h2-16,25-27H,1,17-20H2/t25-,26-,27-/m0/s1. The van der Waals surface area contributed by atoms with Gasteiger partial charge in [-0.1, -0.05) is 97.6 Å². The quantitative estimate of drug-likeness (QED) is 0.475. The SMILES string of the molecule is C=C1OC[C@H](OCc2ccccc2)[C@H](OCc2ccccc2)[C@H]1OCc1ccccc1. The van der Waals surface area contributed by atoms with Crippen LogP contribution in [0.3, 0.4) is 0 Å². The second-order valence-corrected chi connectivity index (χ2v) is 7.59. The van der Waals surface area contributed by atoms with E-state index in [1.165, 1.54) is 0 Å². The Morgan fingerprint density at radius 1 is 0.645 bits per heavy atom. The molecule has 1 saturated heterocycles. The third-order valence-corrected chi connectivity index (χ3v) is 5.28. The predicted molar refractivity (Wildman–Crippen MR) is 120 cm³/mol. The van der Waals surface area contributed by atoms with E-state index in [9.17, 15) is 0 Å². The number of rotatable bonds is 9. The van der Waals surface area contributed by atoms with Crippen molar-refractivity contribution in [2.75, 3.05) is 6.61 Å². The summed E-state index contributed by atoms with van der Waals surface area (Å²) in [7, 11) is 0. The zero-order valence-electron chi connectivity index (χ0n) is 17.6. The van der Waals surface area contributed by atoms with Gasteiger partial charge in [0.1, 0.15) is 30.7 Å². The Morgan fingerprint density at radius 2 is 1.10 bits per heavy atom. The summed E-state index contributed by atoms with van der Waals surface area (Å²) >= 11 is 0. The normalized spacial score (nSPS) is 20.9. The molecular weight excluding hydrogens is 388 g/mol. The maximum Gasteiger partial charge on any atom is 0.143 e. The molecule has 4 rings (SSSR count). The summed E-state index contributed by atoms with van der Waals surface area (Å²) < 4.78 is 24.7. The van der Waals surface area contributed by atoms with Crippen LogP contribution in [0.5, 0.6) is 0 Å². The van der Waals surface area contributed by atoms with Gasteiger partial charge in [0.15, 0.2) is 0 Å². The van der Waals surface area contributed by atoms with Gasteiger partial charge in [-0.05, 0) is 16.7 Å². The molecule has 4 nitrogen and oxygen atoms in total. The summed E-state index contributed by atoms with van der Waals surface area (Å²) in [5.41, 5.74) is 3.29. The summed E-state index contributed by atoms with van der Waals surface area (Å²) in [6, 6.07) is 30.3. The molecule has 4 heteroatoms. The fourth-order valence-electron chi connectivity index (χ4n) is 3.57. The fraction of sp³-hybridized carbons (Fsp3) is 0.259. The Kier molecular flexibility index (Phi) is 7.51. The molecule has 0 unspecified atom stereocenters. The zero-order chi connectivity index (χ0) is 21.3. The Balaban J connectivity index is 1.47. The lowest BCUT2D eigenvalue weighted by atomic mass is 10.0. The van der Waals surface area contributed by atoms with Gasteiger partial charge >= 0.3 is 0 Å². The molecule has 31 heavy (non-hydrogen) atoms. The molecule has 0 radical (unpaired) electrons. The van der Waals surface area contributed by atoms with Crippen LogP contribution in [0.2, 0.25) is 0 Å². The summed E-state index contributed by atoms with van der Waals surface area (Å²) in [6.07, 6.45) is -1.01. The van der Waals surface area contributed by atoms with Gasteiger partial charge in [0.05, 0.1) is 19.8 Å². The lowest BCUT2D eigenvalue weighted by molar-refractivity contribution is -0.189. The molecule has 0 aromatic heterocycles. The number of hydrogen-bond donors (Lipinski definition) is 0. The van der Waals surface area contributed by atoms with Crippen molar-refractivity contribution in [1.29, 1.82) is 0 Å². The number of benzene rings is 3. The molecule has 1 aliphatic rings. The molecule has 3 aromatic carbocycles. The van der Waals surface area contributed by atoms with Gasteiger partial charge in [0.2, 0.25) is 0 Å². The van der Waals surface area contributed by atoms with Crippen molar-refractivity contribution in [3.63, 3.8) is 0 Å². The molecule has 1 fully saturated rings. The van der Waals surface area contributed by atoms with Gasteiger partial charge < -0.3 is 18.9 Å². The van der Waals surface area contributed by atoms with Crippen LogP contribution in [0.15, 0.2) is 103 Å². The zero-order valence-corrected chi connectivity index (χ0v) is 17.6. The molecule has 0 saturated carbocycles. The van der Waals surface area contributed by atoms with Crippen molar-refractivity contribution in [2.24, 2.45) is 0 Å². The van der Waals surface area contributed by atoms with E-state index in [4.69, 9.17) is 18.9 Å². The highest BCUT2D eigenvalue weighted by molar-refractivity contribution is 5.16. The van der Waals surface area contributed by atoms with Crippen molar-refractivity contribution in [2.45, 2.75) is 38.1 Å². The topological polar surface area (TPSA) is 36.9 Å². The molecule has 0 spiro atoms. The van der Waals surface area contributed by atoms with Gasteiger partial charge in [0, 0.05) is 0 Å². The first-order valence-corrected chi connectivity index (χ1v) is 10.6. The minimum atomic E-state index is -0.418. The molecule has 0 bridgehead atoms. The highest BCUT2D eigenvalue weighted by Gasteiger charge is 2.39. The van der Waals surface area contributed by atoms with E-state index in [1.54, 1.807) is 0 Å². The average molecular weight is 417 g/mol. The van der Waals surface area contributed by atoms with E-state index in [2.05, 4.69) is 6.58 Å². The molecule has 160 valence electrons. The lowest BCUT2D eigenvalue weighted by Gasteiger charge is -2.38. The number of hydrogen-bond acceptors (Lipinski definition) is 4. The van der Waals surface area contributed by atoms with Crippen LogP contribution in [0.4, 0.5) is 0 Å². The van der Waals surface area contributed by atoms with Crippen LogP contribution in [0.1, 0.15) is 16.7 Å². The van der Waals surface area contributed by atoms with Crippen molar-refractivity contribution in [3.05, 3.63) is 120 Å². The minimum absolute atomic E-state index is 0.268. The Bertz CT molecular complexity index is 927. The number of ether oxygens (including phenoxy) is 4. The molecule has 1 heterocycles. The van der Waals surface area contributed by atoms with Crippen molar-refractivity contribution in [3.8, 4) is 0 Å². The molecular formula is C27H28O4. The highest BCUT2D eigenvalue weighted by atomic mass is 16.6. The van der Waals surface area contributed by atoms with Crippen molar-refractivity contribution < 1.29 is 18.9 Å². The van der Waals surface area contributed by atoms with E-state index in [-0.39, 0.29) is 12.2 Å². The van der Waals surface area contributed by atoms with Crippen LogP contribution in [-0.2, 0) is 38.8 Å². The largest absolute Gasteiger partial charge is 0.493 e. The van der Waals surface area contributed by atoms with Gasteiger partial charge in [-0.2, -0.15) is 0 Å². The summed E-state index contributed by atoms with van der Waals surface area (Å²) in [5.74, 6) is 0.577. The average Bonchev–Trinajstić information content (AvgIpc) is 2.83. The van der Waals surface area contributed by atoms with Crippen molar-refractivity contribution >= 4 is 0 Å². The summed E-state index contributed by atoms with van der Waals surface area (Å²) in [6.45, 7) is 5.87. The van der Waals surface area contributed by atoms with Gasteiger partial charge in [-0.3, -0.25) is 0 Å². The van der Waals surface area contributed by atoms with Crippen LogP contribution >= 0.6 is 0 Å². The van der Waals surface area contributed by atoms with E-state index in [1.807, 2.05) is 91.0 Å². The first-order valence-electron chi connectivity index (χ1n) is 10.6. The van der Waals surface area contributed by atoms with Gasteiger partial charge in [0.25, 0.3) is 0 Å². The van der Waals surface area contributed by atoms with E-state index < -0.39 is 6.10 Å². The minimum Gasteiger partial charge on any atom is -0.493 e. The van der Waals surface area contributed by atoms with Crippen LogP contribution in [0, 0.1) is 0 Å². The van der Waals surface area contributed by atoms with E-state index in [0.717, 1.165) is 16.7 Å². The second kappa shape index (κ2) is 10.9. The Labute approximate surface area is 184 Å².